The molecule has 1 N–H and O–H groups in total. The highest BCUT2D eigenvalue weighted by Gasteiger charge is 1.99. The van der Waals surface area contributed by atoms with Gasteiger partial charge < -0.3 is 10.1 Å². The Labute approximate surface area is 79.9 Å². The first-order chi connectivity index (χ1) is 6.33. The van der Waals surface area contributed by atoms with Gasteiger partial charge >= 0.3 is 0 Å². The minimum Gasteiger partial charge on any atom is -0.492 e. The van der Waals surface area contributed by atoms with E-state index < -0.39 is 0 Å². The Morgan fingerprint density at radius 3 is 2.62 bits per heavy atom. The number of hydrogen-bond donors (Lipinski definition) is 1. The number of rotatable bonds is 5. The molecule has 1 aromatic rings. The van der Waals surface area contributed by atoms with Crippen molar-refractivity contribution in [2.24, 2.45) is 0 Å². The van der Waals surface area contributed by atoms with E-state index >= 15 is 0 Å². The van der Waals surface area contributed by atoms with Crippen LogP contribution >= 0.6 is 0 Å². The lowest BCUT2D eigenvalue weighted by Crippen LogP contribution is -2.31. The molecule has 0 aliphatic heterocycles. The molecule has 0 aromatic heterocycles. The summed E-state index contributed by atoms with van der Waals surface area (Å²) in [5.41, 5.74) is 0. The maximum atomic E-state index is 5.56. The minimum absolute atomic E-state index is 0.408. The molecular formula is C11H17NO. The van der Waals surface area contributed by atoms with E-state index in [9.17, 15) is 0 Å². The molecule has 0 saturated heterocycles. The smallest absolute Gasteiger partial charge is 0.119 e. The second kappa shape index (κ2) is 5.60. The molecule has 1 unspecified atom stereocenters. The van der Waals surface area contributed by atoms with Crippen LogP contribution in [-0.2, 0) is 0 Å². The molecule has 0 heterocycles. The summed E-state index contributed by atoms with van der Waals surface area (Å²) in [5.74, 6) is 0.937. The van der Waals surface area contributed by atoms with Crippen LogP contribution in [0.2, 0.25) is 0 Å². The molecule has 2 heteroatoms. The van der Waals surface area contributed by atoms with Gasteiger partial charge in [0.15, 0.2) is 0 Å². The van der Waals surface area contributed by atoms with Gasteiger partial charge in [-0.2, -0.15) is 0 Å². The Balaban J connectivity index is 2.27. The molecule has 13 heavy (non-hydrogen) atoms. The molecule has 2 nitrogen and oxygen atoms in total. The van der Waals surface area contributed by atoms with Crippen LogP contribution in [0.15, 0.2) is 30.3 Å². The Morgan fingerprint density at radius 1 is 1.31 bits per heavy atom. The van der Waals surface area contributed by atoms with E-state index in [1.807, 2.05) is 30.3 Å². The molecule has 0 radical (unpaired) electrons. The summed E-state index contributed by atoms with van der Waals surface area (Å²) in [6, 6.07) is 10.3. The van der Waals surface area contributed by atoms with Crippen LogP contribution in [-0.4, -0.2) is 19.2 Å². The maximum Gasteiger partial charge on any atom is 0.119 e. The summed E-state index contributed by atoms with van der Waals surface area (Å²) in [7, 11) is 0. The van der Waals surface area contributed by atoms with E-state index in [-0.39, 0.29) is 0 Å². The fourth-order valence-corrected chi connectivity index (χ4v) is 1.15. The van der Waals surface area contributed by atoms with Crippen LogP contribution in [0, 0.1) is 0 Å². The van der Waals surface area contributed by atoms with Crippen molar-refractivity contribution in [2.75, 3.05) is 13.2 Å². The average Bonchev–Trinajstić information content (AvgIpc) is 2.17. The summed E-state index contributed by atoms with van der Waals surface area (Å²) < 4.78 is 5.56. The number of likely N-dealkylation sites (N-methyl/N-ethyl adjacent to an activating group) is 1. The van der Waals surface area contributed by atoms with E-state index in [1.165, 1.54) is 0 Å². The van der Waals surface area contributed by atoms with Crippen molar-refractivity contribution >= 4 is 0 Å². The number of benzene rings is 1. The molecular weight excluding hydrogens is 162 g/mol. The van der Waals surface area contributed by atoms with Gasteiger partial charge in [-0.15, -0.1) is 0 Å². The van der Waals surface area contributed by atoms with Crippen molar-refractivity contribution in [3.8, 4) is 5.75 Å². The lowest BCUT2D eigenvalue weighted by Gasteiger charge is -2.13. The Morgan fingerprint density at radius 2 is 2.00 bits per heavy atom. The minimum atomic E-state index is 0.408. The third kappa shape index (κ3) is 3.95. The van der Waals surface area contributed by atoms with Gasteiger partial charge in [0.2, 0.25) is 0 Å². The lowest BCUT2D eigenvalue weighted by molar-refractivity contribution is 0.275. The third-order valence-electron chi connectivity index (χ3n) is 1.80. The van der Waals surface area contributed by atoms with Crippen molar-refractivity contribution < 1.29 is 4.74 Å². The number of ether oxygens (including phenoxy) is 1. The van der Waals surface area contributed by atoms with Crippen molar-refractivity contribution in [3.05, 3.63) is 30.3 Å². The van der Waals surface area contributed by atoms with Gasteiger partial charge in [0, 0.05) is 6.04 Å². The predicted octanol–water partition coefficient (Wildman–Crippen LogP) is 2.06. The van der Waals surface area contributed by atoms with E-state index in [1.54, 1.807) is 0 Å². The lowest BCUT2D eigenvalue weighted by atomic mass is 10.3. The summed E-state index contributed by atoms with van der Waals surface area (Å²) in [6.07, 6.45) is 0. The summed E-state index contributed by atoms with van der Waals surface area (Å²) in [5, 5.41) is 3.29. The normalized spacial score (nSPS) is 12.5. The fourth-order valence-electron chi connectivity index (χ4n) is 1.15. The molecule has 1 rings (SSSR count). The van der Waals surface area contributed by atoms with Crippen LogP contribution < -0.4 is 10.1 Å². The van der Waals surface area contributed by atoms with E-state index in [0.717, 1.165) is 18.9 Å². The molecule has 1 atom stereocenters. The van der Waals surface area contributed by atoms with Crippen molar-refractivity contribution in [2.45, 2.75) is 19.9 Å². The van der Waals surface area contributed by atoms with Gasteiger partial charge in [0.25, 0.3) is 0 Å². The van der Waals surface area contributed by atoms with E-state index in [0.29, 0.717) is 6.04 Å². The Hall–Kier alpha value is -1.02. The Kier molecular flexibility index (Phi) is 4.33. The number of para-hydroxylation sites is 1. The van der Waals surface area contributed by atoms with Gasteiger partial charge in [-0.1, -0.05) is 25.1 Å². The highest BCUT2D eigenvalue weighted by atomic mass is 16.5. The fraction of sp³-hybridized carbons (Fsp3) is 0.455. The third-order valence-corrected chi connectivity index (χ3v) is 1.80. The molecule has 0 spiro atoms. The molecule has 1 aromatic carbocycles. The quantitative estimate of drug-likeness (QED) is 0.747. The van der Waals surface area contributed by atoms with Crippen LogP contribution in [0.5, 0.6) is 5.75 Å². The van der Waals surface area contributed by atoms with E-state index in [2.05, 4.69) is 19.2 Å². The second-order valence-electron chi connectivity index (χ2n) is 3.08. The molecule has 0 amide bonds. The molecule has 0 aliphatic carbocycles. The van der Waals surface area contributed by atoms with Crippen LogP contribution in [0.1, 0.15) is 13.8 Å². The SMILES string of the molecule is CCNC(C)COc1ccccc1. The number of hydrogen-bond acceptors (Lipinski definition) is 2. The van der Waals surface area contributed by atoms with Gasteiger partial charge in [-0.3, -0.25) is 0 Å². The van der Waals surface area contributed by atoms with Crippen LogP contribution in [0.3, 0.4) is 0 Å². The van der Waals surface area contributed by atoms with Crippen molar-refractivity contribution in [1.29, 1.82) is 0 Å². The zero-order chi connectivity index (χ0) is 9.52. The monoisotopic (exact) mass is 179 g/mol. The summed E-state index contributed by atoms with van der Waals surface area (Å²) in [6.45, 7) is 5.92. The molecule has 0 fully saturated rings. The largest absolute Gasteiger partial charge is 0.492 e. The molecule has 72 valence electrons. The molecule has 0 saturated carbocycles. The second-order valence-corrected chi connectivity index (χ2v) is 3.08. The standard InChI is InChI=1S/C11H17NO/c1-3-12-10(2)9-13-11-7-5-4-6-8-11/h4-8,10,12H,3,9H2,1-2H3. The zero-order valence-corrected chi connectivity index (χ0v) is 8.29. The van der Waals surface area contributed by atoms with Crippen LogP contribution in [0.25, 0.3) is 0 Å². The van der Waals surface area contributed by atoms with Crippen molar-refractivity contribution in [3.63, 3.8) is 0 Å². The summed E-state index contributed by atoms with van der Waals surface area (Å²) >= 11 is 0. The first-order valence-electron chi connectivity index (χ1n) is 4.74. The first kappa shape index (κ1) is 10.1. The number of nitrogens with one attached hydrogen (secondary N) is 1. The maximum absolute atomic E-state index is 5.56. The van der Waals surface area contributed by atoms with Crippen LogP contribution in [0.4, 0.5) is 0 Å². The molecule has 0 aliphatic rings. The molecule has 0 bridgehead atoms. The van der Waals surface area contributed by atoms with Crippen molar-refractivity contribution in [1.82, 2.24) is 5.32 Å². The van der Waals surface area contributed by atoms with Gasteiger partial charge in [-0.25, -0.2) is 0 Å². The Bertz CT molecular complexity index is 223. The summed E-state index contributed by atoms with van der Waals surface area (Å²) in [4.78, 5) is 0. The van der Waals surface area contributed by atoms with Gasteiger partial charge in [-0.05, 0) is 25.6 Å². The van der Waals surface area contributed by atoms with E-state index in [4.69, 9.17) is 4.74 Å². The zero-order valence-electron chi connectivity index (χ0n) is 8.29. The average molecular weight is 179 g/mol. The first-order valence-corrected chi connectivity index (χ1v) is 4.74. The highest BCUT2D eigenvalue weighted by molar-refractivity contribution is 5.20. The van der Waals surface area contributed by atoms with Gasteiger partial charge in [0.1, 0.15) is 12.4 Å². The topological polar surface area (TPSA) is 21.3 Å². The highest BCUT2D eigenvalue weighted by Crippen LogP contribution is 2.08. The van der Waals surface area contributed by atoms with Gasteiger partial charge in [0.05, 0.1) is 0 Å². The predicted molar refractivity (Wildman–Crippen MR) is 55.1 cm³/mol.